The Bertz CT molecular complexity index is 171. The van der Waals surface area contributed by atoms with Gasteiger partial charge in [-0.2, -0.15) is 0 Å². The fourth-order valence-electron chi connectivity index (χ4n) is 1.73. The van der Waals surface area contributed by atoms with Crippen LogP contribution in [0.1, 0.15) is 65.2 Å². The Labute approximate surface area is 114 Å². The minimum absolute atomic E-state index is 0.133. The molecule has 0 rings (SSSR count). The highest BCUT2D eigenvalue weighted by Gasteiger charge is 2.09. The molecule has 0 aliphatic heterocycles. The van der Waals surface area contributed by atoms with Gasteiger partial charge in [-0.05, 0) is 12.8 Å². The first-order valence-electron chi connectivity index (χ1n) is 6.43. The van der Waals surface area contributed by atoms with Crippen molar-refractivity contribution >= 4 is 28.6 Å². The van der Waals surface area contributed by atoms with E-state index in [0.29, 0.717) is 0 Å². The summed E-state index contributed by atoms with van der Waals surface area (Å²) >= 11 is 2.28. The molecule has 2 nitrogen and oxygen atoms in total. The first kappa shape index (κ1) is 16.2. The summed E-state index contributed by atoms with van der Waals surface area (Å²) in [5.74, 6) is -0.149. The van der Waals surface area contributed by atoms with Gasteiger partial charge in [0.1, 0.15) is 6.10 Å². The molecule has 0 N–H and O–H groups in total. The van der Waals surface area contributed by atoms with E-state index in [1.165, 1.54) is 51.9 Å². The number of halogens is 1. The van der Waals surface area contributed by atoms with E-state index in [1.54, 1.807) is 0 Å². The highest BCUT2D eigenvalue weighted by Crippen LogP contribution is 2.12. The van der Waals surface area contributed by atoms with Crippen LogP contribution in [0.2, 0.25) is 0 Å². The lowest BCUT2D eigenvalue weighted by atomic mass is 10.1. The van der Waals surface area contributed by atoms with Crippen molar-refractivity contribution in [1.29, 1.82) is 0 Å². The molecule has 0 saturated carbocycles. The number of alkyl halides is 1. The van der Waals surface area contributed by atoms with Gasteiger partial charge in [-0.3, -0.25) is 4.79 Å². The second-order valence-electron chi connectivity index (χ2n) is 4.30. The van der Waals surface area contributed by atoms with Crippen molar-refractivity contribution in [2.24, 2.45) is 0 Å². The van der Waals surface area contributed by atoms with Crippen LogP contribution in [0, 0.1) is 0 Å². The zero-order chi connectivity index (χ0) is 12.2. The van der Waals surface area contributed by atoms with Crippen LogP contribution in [-0.4, -0.2) is 16.5 Å². The third-order valence-corrected chi connectivity index (χ3v) is 3.62. The first-order chi connectivity index (χ1) is 7.70. The first-order valence-corrected chi connectivity index (χ1v) is 7.96. The van der Waals surface area contributed by atoms with Gasteiger partial charge in [-0.25, -0.2) is 0 Å². The molecular weight excluding hydrogens is 315 g/mol. The van der Waals surface area contributed by atoms with Crippen molar-refractivity contribution in [3.63, 3.8) is 0 Å². The maximum atomic E-state index is 10.8. The van der Waals surface area contributed by atoms with E-state index >= 15 is 0 Å². The highest BCUT2D eigenvalue weighted by atomic mass is 127. The number of ether oxygens (including phenoxy) is 1. The van der Waals surface area contributed by atoms with Crippen LogP contribution in [0.4, 0.5) is 0 Å². The second-order valence-corrected chi connectivity index (χ2v) is 5.18. The number of unbranched alkanes of at least 4 members (excludes halogenated alkanes) is 6. The summed E-state index contributed by atoms with van der Waals surface area (Å²) < 4.78 is 6.11. The predicted octanol–water partition coefficient (Wildman–Crippen LogP) is 4.49. The SMILES string of the molecule is CCCCCCCCCC(CI)OC(C)=O. The van der Waals surface area contributed by atoms with Gasteiger partial charge in [0.05, 0.1) is 0 Å². The van der Waals surface area contributed by atoms with Gasteiger partial charge in [-0.1, -0.05) is 68.0 Å². The Balaban J connectivity index is 3.31. The number of carbonyl (C=O) groups excluding carboxylic acids is 1. The van der Waals surface area contributed by atoms with Crippen molar-refractivity contribution in [2.75, 3.05) is 4.43 Å². The maximum absolute atomic E-state index is 10.8. The molecular formula is C13H25IO2. The predicted molar refractivity (Wildman–Crippen MR) is 77.1 cm³/mol. The largest absolute Gasteiger partial charge is 0.462 e. The topological polar surface area (TPSA) is 26.3 Å². The van der Waals surface area contributed by atoms with Crippen LogP contribution < -0.4 is 0 Å². The van der Waals surface area contributed by atoms with Gasteiger partial charge in [0.15, 0.2) is 0 Å². The molecule has 1 unspecified atom stereocenters. The van der Waals surface area contributed by atoms with Gasteiger partial charge >= 0.3 is 5.97 Å². The molecule has 3 heteroatoms. The van der Waals surface area contributed by atoms with Crippen LogP contribution in [0.3, 0.4) is 0 Å². The van der Waals surface area contributed by atoms with E-state index in [9.17, 15) is 4.79 Å². The van der Waals surface area contributed by atoms with E-state index in [-0.39, 0.29) is 12.1 Å². The molecule has 1 atom stereocenters. The normalized spacial score (nSPS) is 12.4. The van der Waals surface area contributed by atoms with Gasteiger partial charge in [0.25, 0.3) is 0 Å². The van der Waals surface area contributed by atoms with Gasteiger partial charge in [0, 0.05) is 11.4 Å². The molecule has 16 heavy (non-hydrogen) atoms. The standard InChI is InChI=1S/C13H25IO2/c1-3-4-5-6-7-8-9-10-13(11-14)16-12(2)15/h13H,3-11H2,1-2H3. The summed E-state index contributed by atoms with van der Waals surface area (Å²) in [4.78, 5) is 10.8. The lowest BCUT2D eigenvalue weighted by Crippen LogP contribution is -2.17. The average molecular weight is 340 g/mol. The van der Waals surface area contributed by atoms with Gasteiger partial charge < -0.3 is 4.74 Å². The van der Waals surface area contributed by atoms with E-state index in [4.69, 9.17) is 4.74 Å². The summed E-state index contributed by atoms with van der Waals surface area (Å²) in [6, 6.07) is 0. The van der Waals surface area contributed by atoms with Gasteiger partial charge in [-0.15, -0.1) is 0 Å². The number of carbonyl (C=O) groups is 1. The fraction of sp³-hybridized carbons (Fsp3) is 0.923. The molecule has 0 radical (unpaired) electrons. The highest BCUT2D eigenvalue weighted by molar-refractivity contribution is 14.1. The van der Waals surface area contributed by atoms with Crippen molar-refractivity contribution in [3.05, 3.63) is 0 Å². The van der Waals surface area contributed by atoms with E-state index in [0.717, 1.165) is 10.8 Å². The number of rotatable bonds is 10. The minimum Gasteiger partial charge on any atom is -0.462 e. The third kappa shape index (κ3) is 10.7. The summed E-state index contributed by atoms with van der Waals surface area (Å²) in [6.45, 7) is 3.73. The molecule has 0 fully saturated rings. The average Bonchev–Trinajstić information content (AvgIpc) is 2.25. The number of hydrogen-bond acceptors (Lipinski definition) is 2. The van der Waals surface area contributed by atoms with E-state index < -0.39 is 0 Å². The molecule has 0 spiro atoms. The van der Waals surface area contributed by atoms with Crippen LogP contribution in [0.25, 0.3) is 0 Å². The molecule has 96 valence electrons. The van der Waals surface area contributed by atoms with Crippen molar-refractivity contribution in [2.45, 2.75) is 71.3 Å². The molecule has 0 aromatic heterocycles. The van der Waals surface area contributed by atoms with E-state index in [2.05, 4.69) is 29.5 Å². The third-order valence-electron chi connectivity index (χ3n) is 2.63. The molecule has 0 saturated heterocycles. The van der Waals surface area contributed by atoms with Crippen molar-refractivity contribution < 1.29 is 9.53 Å². The minimum atomic E-state index is -0.149. The van der Waals surface area contributed by atoms with Crippen molar-refractivity contribution in [1.82, 2.24) is 0 Å². The Morgan fingerprint density at radius 1 is 1.12 bits per heavy atom. The summed E-state index contributed by atoms with van der Waals surface area (Å²) in [6.07, 6.45) is 10.4. The lowest BCUT2D eigenvalue weighted by Gasteiger charge is -2.13. The Morgan fingerprint density at radius 2 is 1.69 bits per heavy atom. The van der Waals surface area contributed by atoms with E-state index in [1.807, 2.05) is 0 Å². The van der Waals surface area contributed by atoms with Crippen LogP contribution in [-0.2, 0) is 9.53 Å². The molecule has 0 bridgehead atoms. The Kier molecular flexibility index (Phi) is 11.8. The Hall–Kier alpha value is 0.200. The molecule has 0 aliphatic carbocycles. The smallest absolute Gasteiger partial charge is 0.302 e. The van der Waals surface area contributed by atoms with Crippen LogP contribution in [0.5, 0.6) is 0 Å². The van der Waals surface area contributed by atoms with Crippen molar-refractivity contribution in [3.8, 4) is 0 Å². The maximum Gasteiger partial charge on any atom is 0.302 e. The molecule has 0 amide bonds. The molecule has 0 aliphatic rings. The zero-order valence-electron chi connectivity index (χ0n) is 10.6. The second kappa shape index (κ2) is 11.7. The zero-order valence-corrected chi connectivity index (χ0v) is 12.8. The summed E-state index contributed by atoms with van der Waals surface area (Å²) in [5, 5.41) is 0. The van der Waals surface area contributed by atoms with Crippen LogP contribution >= 0.6 is 22.6 Å². The molecule has 0 heterocycles. The molecule has 0 aromatic rings. The van der Waals surface area contributed by atoms with Gasteiger partial charge in [0.2, 0.25) is 0 Å². The summed E-state index contributed by atoms with van der Waals surface area (Å²) in [5.41, 5.74) is 0. The monoisotopic (exact) mass is 340 g/mol. The number of hydrogen-bond donors (Lipinski definition) is 0. The lowest BCUT2D eigenvalue weighted by molar-refractivity contribution is -0.145. The quantitative estimate of drug-likeness (QED) is 0.253. The fourth-order valence-corrected chi connectivity index (χ4v) is 2.35. The Morgan fingerprint density at radius 3 is 2.19 bits per heavy atom. The summed E-state index contributed by atoms with van der Waals surface area (Å²) in [7, 11) is 0. The molecule has 0 aromatic carbocycles. The number of esters is 1. The van der Waals surface area contributed by atoms with Crippen LogP contribution in [0.15, 0.2) is 0 Å².